The second-order valence-electron chi connectivity index (χ2n) is 10.1. The molecule has 0 saturated carbocycles. The van der Waals surface area contributed by atoms with E-state index in [1.807, 2.05) is 52.9 Å². The van der Waals surface area contributed by atoms with Gasteiger partial charge in [0.1, 0.15) is 18.5 Å². The number of hydrogen-bond acceptors (Lipinski definition) is 8. The van der Waals surface area contributed by atoms with Crippen LogP contribution in [0.4, 0.5) is 0 Å². The number of aromatic amines is 1. The van der Waals surface area contributed by atoms with Crippen molar-refractivity contribution in [2.24, 2.45) is 0 Å². The minimum Gasteiger partial charge on any atom is -0.493 e. The predicted molar refractivity (Wildman–Crippen MR) is 167 cm³/mol. The first-order chi connectivity index (χ1) is 20.7. The summed E-state index contributed by atoms with van der Waals surface area (Å²) in [5.74, 6) is -1.40. The van der Waals surface area contributed by atoms with Gasteiger partial charge in [-0.3, -0.25) is 19.2 Å². The Morgan fingerprint density at radius 1 is 1.21 bits per heavy atom. The number of aliphatic hydroxyl groups excluding tert-OH is 2. The highest BCUT2D eigenvalue weighted by atomic mass is 127. The third-order valence-electron chi connectivity index (χ3n) is 7.28. The van der Waals surface area contributed by atoms with Crippen LogP contribution in [0.25, 0.3) is 10.9 Å². The Labute approximate surface area is 262 Å². The van der Waals surface area contributed by atoms with Gasteiger partial charge in [-0.25, -0.2) is 0 Å². The number of carbonyl (C=O) groups excluding carboxylic acids is 4. The maximum Gasteiger partial charge on any atom is 0.290 e. The molecule has 0 radical (unpaired) electrons. The Kier molecular flexibility index (Phi) is 10.9. The molecule has 4 rings (SSSR count). The predicted octanol–water partition coefficient (Wildman–Crippen LogP) is 2.56. The van der Waals surface area contributed by atoms with Gasteiger partial charge in [-0.2, -0.15) is 0 Å². The lowest BCUT2D eigenvalue weighted by atomic mass is 9.87. The summed E-state index contributed by atoms with van der Waals surface area (Å²) >= 11 is 1.98. The Hall–Kier alpha value is -3.75. The van der Waals surface area contributed by atoms with Crippen LogP contribution in [0.15, 0.2) is 54.1 Å². The SMILES string of the molecule is CCC(=O)C(=O)N(CCc1cc2ccccc2[nH]1)[C@@H]1CC(C(=O)NCCO)=C[C@H](Oc2c(I)cc(C=O)cc2OC)[C@H]1O. The summed E-state index contributed by atoms with van der Waals surface area (Å²) in [6, 6.07) is 11.8. The van der Waals surface area contributed by atoms with E-state index in [4.69, 9.17) is 9.47 Å². The molecule has 228 valence electrons. The molecule has 0 spiro atoms. The van der Waals surface area contributed by atoms with Crippen LogP contribution in [0.3, 0.4) is 0 Å². The highest BCUT2D eigenvalue weighted by Crippen LogP contribution is 2.37. The normalized spacial score (nSPS) is 18.1. The second-order valence-corrected chi connectivity index (χ2v) is 11.2. The first-order valence-electron chi connectivity index (χ1n) is 13.9. The maximum absolute atomic E-state index is 13.5. The van der Waals surface area contributed by atoms with E-state index in [-0.39, 0.29) is 49.6 Å². The van der Waals surface area contributed by atoms with E-state index in [1.54, 1.807) is 13.0 Å². The molecule has 1 aliphatic carbocycles. The van der Waals surface area contributed by atoms with Crippen molar-refractivity contribution in [1.82, 2.24) is 15.2 Å². The number of halogens is 1. The van der Waals surface area contributed by atoms with Gasteiger partial charge in [-0.15, -0.1) is 0 Å². The summed E-state index contributed by atoms with van der Waals surface area (Å²) in [6.07, 6.45) is -0.0329. The van der Waals surface area contributed by atoms with Crippen LogP contribution in [0.5, 0.6) is 11.5 Å². The number of rotatable bonds is 13. The van der Waals surface area contributed by atoms with E-state index in [1.165, 1.54) is 24.2 Å². The zero-order valence-electron chi connectivity index (χ0n) is 23.8. The number of nitrogens with one attached hydrogen (secondary N) is 2. The van der Waals surface area contributed by atoms with E-state index in [9.17, 15) is 29.4 Å². The molecule has 1 aliphatic rings. The van der Waals surface area contributed by atoms with Gasteiger partial charge in [0, 0.05) is 54.7 Å². The molecule has 1 heterocycles. The molecule has 12 heteroatoms. The monoisotopic (exact) mass is 703 g/mol. The number of methoxy groups -OCH3 is 1. The number of aliphatic hydroxyl groups is 2. The number of ether oxygens (including phenoxy) is 2. The van der Waals surface area contributed by atoms with Crippen LogP contribution in [0.2, 0.25) is 0 Å². The molecule has 0 saturated heterocycles. The van der Waals surface area contributed by atoms with Crippen molar-refractivity contribution in [1.29, 1.82) is 0 Å². The Morgan fingerprint density at radius 2 is 1.98 bits per heavy atom. The highest BCUT2D eigenvalue weighted by molar-refractivity contribution is 14.1. The summed E-state index contributed by atoms with van der Waals surface area (Å²) in [7, 11) is 1.41. The number of benzene rings is 2. The van der Waals surface area contributed by atoms with Crippen molar-refractivity contribution in [3.05, 3.63) is 68.9 Å². The summed E-state index contributed by atoms with van der Waals surface area (Å²) in [4.78, 5) is 55.2. The fourth-order valence-electron chi connectivity index (χ4n) is 5.08. The summed E-state index contributed by atoms with van der Waals surface area (Å²) in [6.45, 7) is 1.41. The lowest BCUT2D eigenvalue weighted by molar-refractivity contribution is -0.149. The summed E-state index contributed by atoms with van der Waals surface area (Å²) in [5.41, 5.74) is 2.36. The van der Waals surface area contributed by atoms with Crippen LogP contribution in [0, 0.1) is 3.57 Å². The zero-order chi connectivity index (χ0) is 31.1. The molecule has 0 aliphatic heterocycles. The molecule has 0 unspecified atom stereocenters. The number of aldehydes is 1. The lowest BCUT2D eigenvalue weighted by Gasteiger charge is -2.40. The number of amides is 2. The summed E-state index contributed by atoms with van der Waals surface area (Å²) in [5, 5.41) is 24.5. The maximum atomic E-state index is 13.5. The third-order valence-corrected chi connectivity index (χ3v) is 8.09. The van der Waals surface area contributed by atoms with Gasteiger partial charge in [0.25, 0.3) is 5.91 Å². The van der Waals surface area contributed by atoms with Crippen LogP contribution in [-0.4, -0.2) is 89.0 Å². The minimum absolute atomic E-state index is 0.00510. The van der Waals surface area contributed by atoms with Crippen molar-refractivity contribution in [3.63, 3.8) is 0 Å². The van der Waals surface area contributed by atoms with E-state index in [0.29, 0.717) is 21.8 Å². The molecule has 1 aromatic heterocycles. The number of H-pyrrole nitrogens is 1. The fraction of sp³-hybridized carbons (Fsp3) is 0.355. The van der Waals surface area contributed by atoms with Crippen molar-refractivity contribution in [2.75, 3.05) is 26.8 Å². The minimum atomic E-state index is -1.34. The first kappa shape index (κ1) is 32.2. The van der Waals surface area contributed by atoms with Crippen LogP contribution in [-0.2, 0) is 20.8 Å². The molecular formula is C31H34IN3O8. The van der Waals surface area contributed by atoms with Gasteiger partial charge in [0.15, 0.2) is 11.5 Å². The number of carbonyl (C=O) groups is 4. The average Bonchev–Trinajstić information content (AvgIpc) is 3.44. The number of nitrogens with zero attached hydrogens (tertiary/aromatic N) is 1. The van der Waals surface area contributed by atoms with Gasteiger partial charge in [-0.05, 0) is 58.3 Å². The van der Waals surface area contributed by atoms with Crippen LogP contribution >= 0.6 is 22.6 Å². The third kappa shape index (κ3) is 7.43. The summed E-state index contributed by atoms with van der Waals surface area (Å²) < 4.78 is 12.2. The Balaban J connectivity index is 1.70. The van der Waals surface area contributed by atoms with Crippen LogP contribution in [0.1, 0.15) is 35.8 Å². The van der Waals surface area contributed by atoms with E-state index in [0.717, 1.165) is 16.6 Å². The van der Waals surface area contributed by atoms with Gasteiger partial charge in [0.2, 0.25) is 11.7 Å². The topological polar surface area (TPSA) is 158 Å². The smallest absolute Gasteiger partial charge is 0.290 e. The number of ketones is 1. The Bertz CT molecular complexity index is 1500. The quantitative estimate of drug-likeness (QED) is 0.120. The molecular weight excluding hydrogens is 669 g/mol. The van der Waals surface area contributed by atoms with E-state index >= 15 is 0 Å². The number of Topliss-reactive ketones (excluding diaryl/α,β-unsaturated/α-hetero) is 1. The van der Waals surface area contributed by atoms with Crippen molar-refractivity contribution >= 4 is 57.4 Å². The van der Waals surface area contributed by atoms with Gasteiger partial charge in [0.05, 0.1) is 23.3 Å². The molecule has 4 N–H and O–H groups in total. The standard InChI is InChI=1S/C31H34IN3O8/c1-3-25(38)31(41)35(10-8-21-14-19-6-4-5-7-23(19)34-21)24-15-20(30(40)33-9-11-36)16-26(28(24)39)43-29-22(32)12-18(17-37)13-27(29)42-2/h4-7,12-14,16-17,24,26,28,34,36,39H,3,8-11,15H2,1-2H3,(H,33,40)/t24-,26+,28+/m1/s1. The van der Waals surface area contributed by atoms with Gasteiger partial charge >= 0.3 is 0 Å². The number of aromatic nitrogens is 1. The lowest BCUT2D eigenvalue weighted by Crippen LogP contribution is -2.56. The molecule has 3 atom stereocenters. The largest absolute Gasteiger partial charge is 0.493 e. The molecule has 11 nitrogen and oxygen atoms in total. The van der Waals surface area contributed by atoms with Gasteiger partial charge in [-0.1, -0.05) is 25.1 Å². The first-order valence-corrected chi connectivity index (χ1v) is 15.0. The zero-order valence-corrected chi connectivity index (χ0v) is 26.0. The van der Waals surface area contributed by atoms with E-state index in [2.05, 4.69) is 10.3 Å². The number of hydrogen-bond donors (Lipinski definition) is 4. The number of fused-ring (bicyclic) bond motifs is 1. The van der Waals surface area contributed by atoms with Gasteiger partial charge < -0.3 is 34.9 Å². The van der Waals surface area contributed by atoms with Crippen molar-refractivity contribution < 1.29 is 38.9 Å². The highest BCUT2D eigenvalue weighted by Gasteiger charge is 2.42. The van der Waals surface area contributed by atoms with E-state index < -0.39 is 35.8 Å². The number of para-hydroxylation sites is 1. The molecule has 3 aromatic rings. The molecule has 0 fully saturated rings. The Morgan fingerprint density at radius 3 is 2.65 bits per heavy atom. The fourth-order valence-corrected chi connectivity index (χ4v) is 5.83. The molecule has 0 bridgehead atoms. The van der Waals surface area contributed by atoms with Crippen LogP contribution < -0.4 is 14.8 Å². The average molecular weight is 704 g/mol. The molecule has 2 aromatic carbocycles. The molecule has 2 amide bonds. The second kappa shape index (κ2) is 14.6. The molecule has 43 heavy (non-hydrogen) atoms. The van der Waals surface area contributed by atoms with Crippen molar-refractivity contribution in [2.45, 2.75) is 44.4 Å². The van der Waals surface area contributed by atoms with Crippen molar-refractivity contribution in [3.8, 4) is 11.5 Å².